The highest BCUT2D eigenvalue weighted by atomic mass is 79.9. The van der Waals surface area contributed by atoms with Gasteiger partial charge in [0.1, 0.15) is 0 Å². The Bertz CT molecular complexity index is 505. The third kappa shape index (κ3) is 3.68. The second-order valence-electron chi connectivity index (χ2n) is 4.13. The highest BCUT2D eigenvalue weighted by molar-refractivity contribution is 9.10. The quantitative estimate of drug-likeness (QED) is 0.889. The van der Waals surface area contributed by atoms with Gasteiger partial charge >= 0.3 is 5.97 Å². The summed E-state index contributed by atoms with van der Waals surface area (Å²) in [7, 11) is 0. The smallest absolute Gasteiger partial charge is 0.303 e. The lowest BCUT2D eigenvalue weighted by atomic mass is 9.92. The van der Waals surface area contributed by atoms with Gasteiger partial charge in [0.2, 0.25) is 0 Å². The van der Waals surface area contributed by atoms with Crippen LogP contribution in [-0.4, -0.2) is 11.1 Å². The molecular weight excluding hydrogens is 312 g/mol. The highest BCUT2D eigenvalue weighted by Gasteiger charge is 2.16. The maximum absolute atomic E-state index is 11.0. The van der Waals surface area contributed by atoms with Crippen LogP contribution in [0.25, 0.3) is 0 Å². The molecule has 1 heterocycles. The third-order valence-electron chi connectivity index (χ3n) is 2.79. The van der Waals surface area contributed by atoms with Crippen LogP contribution in [-0.2, 0) is 11.2 Å². The summed E-state index contributed by atoms with van der Waals surface area (Å²) in [6.07, 6.45) is 0.950. The van der Waals surface area contributed by atoms with Crippen LogP contribution in [0.4, 0.5) is 0 Å². The minimum absolute atomic E-state index is 0.0363. The van der Waals surface area contributed by atoms with E-state index in [1.807, 2.05) is 35.7 Å². The zero-order valence-electron chi connectivity index (χ0n) is 9.67. The van der Waals surface area contributed by atoms with Gasteiger partial charge in [0.15, 0.2) is 0 Å². The van der Waals surface area contributed by atoms with E-state index in [2.05, 4.69) is 22.0 Å². The lowest BCUT2D eigenvalue weighted by Gasteiger charge is -2.14. The number of halogens is 1. The molecule has 0 spiro atoms. The predicted octanol–water partition coefficient (Wildman–Crippen LogP) is 4.31. The molecule has 2 rings (SSSR count). The van der Waals surface area contributed by atoms with E-state index in [-0.39, 0.29) is 12.3 Å². The van der Waals surface area contributed by atoms with Crippen molar-refractivity contribution in [1.29, 1.82) is 0 Å². The number of thiophene rings is 1. The second-order valence-corrected chi connectivity index (χ2v) is 6.08. The first-order valence-corrected chi connectivity index (χ1v) is 7.32. The van der Waals surface area contributed by atoms with Crippen LogP contribution in [0.15, 0.2) is 46.3 Å². The van der Waals surface area contributed by atoms with Crippen LogP contribution in [0.3, 0.4) is 0 Å². The van der Waals surface area contributed by atoms with E-state index in [1.165, 1.54) is 4.88 Å². The molecule has 0 amide bonds. The van der Waals surface area contributed by atoms with E-state index in [1.54, 1.807) is 11.3 Å². The molecule has 0 aliphatic heterocycles. The predicted molar refractivity (Wildman–Crippen MR) is 77.2 cm³/mol. The van der Waals surface area contributed by atoms with Gasteiger partial charge < -0.3 is 5.11 Å². The SMILES string of the molecule is O=C(O)CC(Cc1cccs1)c1ccc(Br)cc1. The van der Waals surface area contributed by atoms with Crippen molar-refractivity contribution in [2.45, 2.75) is 18.8 Å². The number of hydrogen-bond acceptors (Lipinski definition) is 2. The normalized spacial score (nSPS) is 12.3. The summed E-state index contributed by atoms with van der Waals surface area (Å²) in [5, 5.41) is 11.0. The monoisotopic (exact) mass is 324 g/mol. The molecule has 0 saturated heterocycles. The van der Waals surface area contributed by atoms with Crippen molar-refractivity contribution in [2.24, 2.45) is 0 Å². The van der Waals surface area contributed by atoms with Gasteiger partial charge in [-0.25, -0.2) is 0 Å². The summed E-state index contributed by atoms with van der Waals surface area (Å²) >= 11 is 5.07. The zero-order chi connectivity index (χ0) is 13.0. The van der Waals surface area contributed by atoms with E-state index in [0.29, 0.717) is 0 Å². The lowest BCUT2D eigenvalue weighted by Crippen LogP contribution is -2.08. The summed E-state index contributed by atoms with van der Waals surface area (Å²) in [5.74, 6) is -0.714. The standard InChI is InChI=1S/C14H13BrO2S/c15-12-5-3-10(4-6-12)11(9-14(16)17)8-13-2-1-7-18-13/h1-7,11H,8-9H2,(H,16,17). The van der Waals surface area contributed by atoms with Gasteiger partial charge in [-0.15, -0.1) is 11.3 Å². The number of carboxylic acids is 1. The average molecular weight is 325 g/mol. The van der Waals surface area contributed by atoms with E-state index in [4.69, 9.17) is 5.11 Å². The topological polar surface area (TPSA) is 37.3 Å². The molecule has 1 aromatic heterocycles. The molecule has 2 nitrogen and oxygen atoms in total. The Morgan fingerprint density at radius 2 is 2.00 bits per heavy atom. The fourth-order valence-electron chi connectivity index (χ4n) is 1.93. The largest absolute Gasteiger partial charge is 0.481 e. The van der Waals surface area contributed by atoms with Gasteiger partial charge in [0.05, 0.1) is 6.42 Å². The fraction of sp³-hybridized carbons (Fsp3) is 0.214. The minimum atomic E-state index is -0.750. The maximum Gasteiger partial charge on any atom is 0.303 e. The van der Waals surface area contributed by atoms with Crippen molar-refractivity contribution in [1.82, 2.24) is 0 Å². The highest BCUT2D eigenvalue weighted by Crippen LogP contribution is 2.27. The first-order chi connectivity index (χ1) is 8.65. The number of carbonyl (C=O) groups is 1. The van der Waals surface area contributed by atoms with E-state index >= 15 is 0 Å². The minimum Gasteiger partial charge on any atom is -0.481 e. The molecule has 0 fully saturated rings. The molecule has 1 aromatic carbocycles. The zero-order valence-corrected chi connectivity index (χ0v) is 12.1. The lowest BCUT2D eigenvalue weighted by molar-refractivity contribution is -0.137. The van der Waals surface area contributed by atoms with Crippen molar-refractivity contribution in [3.05, 3.63) is 56.7 Å². The molecule has 1 N–H and O–H groups in total. The van der Waals surface area contributed by atoms with Crippen molar-refractivity contribution in [3.8, 4) is 0 Å². The molecular formula is C14H13BrO2S. The molecule has 4 heteroatoms. The third-order valence-corrected chi connectivity index (χ3v) is 4.22. The van der Waals surface area contributed by atoms with Gasteiger partial charge in [-0.2, -0.15) is 0 Å². The van der Waals surface area contributed by atoms with Crippen LogP contribution in [0.1, 0.15) is 22.8 Å². The first-order valence-electron chi connectivity index (χ1n) is 5.65. The molecule has 1 atom stereocenters. The molecule has 94 valence electrons. The van der Waals surface area contributed by atoms with Crippen LogP contribution in [0.5, 0.6) is 0 Å². The Morgan fingerprint density at radius 1 is 1.28 bits per heavy atom. The fourth-order valence-corrected chi connectivity index (χ4v) is 2.98. The molecule has 0 bridgehead atoms. The number of rotatable bonds is 5. The number of carboxylic acid groups (broad SMARTS) is 1. The van der Waals surface area contributed by atoms with Crippen LogP contribution < -0.4 is 0 Å². The van der Waals surface area contributed by atoms with Gasteiger partial charge in [-0.1, -0.05) is 34.1 Å². The van der Waals surface area contributed by atoms with E-state index in [0.717, 1.165) is 16.5 Å². The first kappa shape index (κ1) is 13.3. The van der Waals surface area contributed by atoms with E-state index < -0.39 is 5.97 Å². The molecule has 0 radical (unpaired) electrons. The maximum atomic E-state index is 11.0. The Hall–Kier alpha value is -1.13. The molecule has 18 heavy (non-hydrogen) atoms. The van der Waals surface area contributed by atoms with Crippen molar-refractivity contribution >= 4 is 33.2 Å². The van der Waals surface area contributed by atoms with Crippen molar-refractivity contribution in [3.63, 3.8) is 0 Å². The molecule has 1 unspecified atom stereocenters. The van der Waals surface area contributed by atoms with Gasteiger partial charge in [0, 0.05) is 9.35 Å². The summed E-state index contributed by atoms with van der Waals surface area (Å²) < 4.78 is 1.01. The summed E-state index contributed by atoms with van der Waals surface area (Å²) in [6, 6.07) is 11.9. The van der Waals surface area contributed by atoms with Crippen LogP contribution in [0, 0.1) is 0 Å². The molecule has 0 aliphatic rings. The van der Waals surface area contributed by atoms with E-state index in [9.17, 15) is 4.79 Å². The molecule has 2 aromatic rings. The summed E-state index contributed by atoms with van der Waals surface area (Å²) in [6.45, 7) is 0. The average Bonchev–Trinajstić information content (AvgIpc) is 2.81. The molecule has 0 saturated carbocycles. The van der Waals surface area contributed by atoms with Crippen molar-refractivity contribution in [2.75, 3.05) is 0 Å². The summed E-state index contributed by atoms with van der Waals surface area (Å²) in [4.78, 5) is 12.2. The van der Waals surface area contributed by atoms with Crippen LogP contribution >= 0.6 is 27.3 Å². The van der Waals surface area contributed by atoms with Crippen LogP contribution in [0.2, 0.25) is 0 Å². The Labute approximate surface area is 118 Å². The second kappa shape index (κ2) is 6.16. The Balaban J connectivity index is 2.19. The number of hydrogen-bond donors (Lipinski definition) is 1. The van der Waals surface area contributed by atoms with Gasteiger partial charge in [-0.05, 0) is 41.5 Å². The Kier molecular flexibility index (Phi) is 4.55. The number of aliphatic carboxylic acids is 1. The Morgan fingerprint density at radius 3 is 2.56 bits per heavy atom. The number of benzene rings is 1. The van der Waals surface area contributed by atoms with Gasteiger partial charge in [-0.3, -0.25) is 4.79 Å². The van der Waals surface area contributed by atoms with Crippen molar-refractivity contribution < 1.29 is 9.90 Å². The van der Waals surface area contributed by atoms with Gasteiger partial charge in [0.25, 0.3) is 0 Å². The molecule has 0 aliphatic carbocycles. The summed E-state index contributed by atoms with van der Waals surface area (Å²) in [5.41, 5.74) is 1.08.